The quantitative estimate of drug-likeness (QED) is 0.362. The largest absolute Gasteiger partial charge is 0.481 e. The Bertz CT molecular complexity index is 310. The molecule has 0 radical (unpaired) electrons. The number of unbranched alkanes of at least 4 members (excludes halogenated alkanes) is 7. The van der Waals surface area contributed by atoms with Crippen LogP contribution in [0.5, 0.6) is 0 Å². The maximum atomic E-state index is 10.9. The van der Waals surface area contributed by atoms with E-state index in [9.17, 15) is 9.59 Å². The molecular weight excluding hydrogens is 268 g/mol. The molecule has 0 aromatic carbocycles. The Kier molecular flexibility index (Phi) is 12.8. The number of aliphatic carboxylic acids is 2. The summed E-state index contributed by atoms with van der Waals surface area (Å²) in [5, 5.41) is 17.5. The van der Waals surface area contributed by atoms with Crippen molar-refractivity contribution in [3.8, 4) is 0 Å². The molecule has 21 heavy (non-hydrogen) atoms. The number of carbonyl (C=O) groups is 2. The number of hydrogen-bond donors (Lipinski definition) is 2. The minimum atomic E-state index is -1.05. The van der Waals surface area contributed by atoms with Crippen molar-refractivity contribution < 1.29 is 19.8 Å². The summed E-state index contributed by atoms with van der Waals surface area (Å²) < 4.78 is 0. The summed E-state index contributed by atoms with van der Waals surface area (Å²) in [4.78, 5) is 21.4. The molecule has 0 aliphatic rings. The van der Waals surface area contributed by atoms with Crippen molar-refractivity contribution in [2.45, 2.75) is 77.6 Å². The molecule has 122 valence electrons. The first kappa shape index (κ1) is 19.7. The van der Waals surface area contributed by atoms with Gasteiger partial charge in [0.2, 0.25) is 0 Å². The average Bonchev–Trinajstić information content (AvgIpc) is 2.42. The second-order valence-corrected chi connectivity index (χ2v) is 5.59. The average molecular weight is 298 g/mol. The van der Waals surface area contributed by atoms with Crippen molar-refractivity contribution >= 4 is 11.9 Å². The number of carboxylic acid groups (broad SMARTS) is 2. The molecule has 0 aliphatic carbocycles. The number of allylic oxidation sites excluding steroid dienone is 2. The number of hydrogen-bond acceptors (Lipinski definition) is 2. The Labute approximate surface area is 128 Å². The lowest BCUT2D eigenvalue weighted by Crippen LogP contribution is -2.17. The highest BCUT2D eigenvalue weighted by Gasteiger charge is 2.19. The van der Waals surface area contributed by atoms with Gasteiger partial charge in [0.25, 0.3) is 0 Å². The lowest BCUT2D eigenvalue weighted by Gasteiger charge is -2.07. The molecule has 0 heterocycles. The van der Waals surface area contributed by atoms with Crippen LogP contribution in [0.15, 0.2) is 12.2 Å². The summed E-state index contributed by atoms with van der Waals surface area (Å²) >= 11 is 0. The first-order valence-electron chi connectivity index (χ1n) is 8.17. The standard InChI is InChI=1S/C17H30O4/c1-2-3-4-5-6-7-8-9-10-11-12-13-15(17(20)21)14-16(18)19/h10-11,15H,2-9,12-14H2,1H3,(H,18,19)(H,20,21)/b11-10+. The van der Waals surface area contributed by atoms with Crippen LogP contribution in [0.4, 0.5) is 0 Å². The van der Waals surface area contributed by atoms with Gasteiger partial charge in [-0.2, -0.15) is 0 Å². The fraction of sp³-hybridized carbons (Fsp3) is 0.765. The van der Waals surface area contributed by atoms with E-state index < -0.39 is 17.9 Å². The molecule has 0 fully saturated rings. The van der Waals surface area contributed by atoms with E-state index in [0.29, 0.717) is 12.8 Å². The summed E-state index contributed by atoms with van der Waals surface area (Å²) in [6, 6.07) is 0. The van der Waals surface area contributed by atoms with Gasteiger partial charge in [-0.3, -0.25) is 9.59 Å². The monoisotopic (exact) mass is 298 g/mol. The molecule has 4 heteroatoms. The Morgan fingerprint density at radius 1 is 0.905 bits per heavy atom. The Balaban J connectivity index is 3.54. The molecule has 0 aromatic rings. The van der Waals surface area contributed by atoms with Crippen LogP contribution >= 0.6 is 0 Å². The topological polar surface area (TPSA) is 74.6 Å². The zero-order valence-electron chi connectivity index (χ0n) is 13.2. The second-order valence-electron chi connectivity index (χ2n) is 5.59. The van der Waals surface area contributed by atoms with Crippen molar-refractivity contribution in [1.29, 1.82) is 0 Å². The fourth-order valence-corrected chi connectivity index (χ4v) is 2.28. The zero-order chi connectivity index (χ0) is 15.9. The molecule has 0 amide bonds. The molecule has 0 aromatic heterocycles. The first-order valence-corrected chi connectivity index (χ1v) is 8.17. The highest BCUT2D eigenvalue weighted by Crippen LogP contribution is 2.13. The molecule has 0 bridgehead atoms. The molecule has 1 atom stereocenters. The predicted molar refractivity (Wildman–Crippen MR) is 84.4 cm³/mol. The van der Waals surface area contributed by atoms with Gasteiger partial charge in [0.05, 0.1) is 12.3 Å². The minimum absolute atomic E-state index is 0.291. The lowest BCUT2D eigenvalue weighted by molar-refractivity contribution is -0.148. The third-order valence-corrected chi connectivity index (χ3v) is 3.59. The normalized spacial score (nSPS) is 12.6. The van der Waals surface area contributed by atoms with Gasteiger partial charge in [-0.1, -0.05) is 57.6 Å². The fourth-order valence-electron chi connectivity index (χ4n) is 2.28. The summed E-state index contributed by atoms with van der Waals surface area (Å²) in [5.74, 6) is -2.84. The van der Waals surface area contributed by atoms with Crippen molar-refractivity contribution in [1.82, 2.24) is 0 Å². The van der Waals surface area contributed by atoms with Gasteiger partial charge in [0.1, 0.15) is 0 Å². The molecule has 0 saturated carbocycles. The summed E-state index contributed by atoms with van der Waals surface area (Å²) in [6.45, 7) is 2.22. The van der Waals surface area contributed by atoms with E-state index in [-0.39, 0.29) is 6.42 Å². The van der Waals surface area contributed by atoms with Crippen LogP contribution in [0, 0.1) is 5.92 Å². The van der Waals surface area contributed by atoms with Gasteiger partial charge in [0, 0.05) is 0 Å². The number of carboxylic acids is 2. The van der Waals surface area contributed by atoms with E-state index in [1.807, 2.05) is 6.08 Å². The van der Waals surface area contributed by atoms with Gasteiger partial charge in [-0.05, 0) is 25.7 Å². The van der Waals surface area contributed by atoms with E-state index in [2.05, 4.69) is 13.0 Å². The lowest BCUT2D eigenvalue weighted by atomic mass is 9.99. The number of rotatable bonds is 14. The van der Waals surface area contributed by atoms with Crippen molar-refractivity contribution in [3.63, 3.8) is 0 Å². The summed E-state index contributed by atoms with van der Waals surface area (Å²) in [6.07, 6.45) is 14.9. The van der Waals surface area contributed by atoms with E-state index in [4.69, 9.17) is 10.2 Å². The van der Waals surface area contributed by atoms with Crippen LogP contribution in [-0.2, 0) is 9.59 Å². The van der Waals surface area contributed by atoms with Crippen molar-refractivity contribution in [2.75, 3.05) is 0 Å². The minimum Gasteiger partial charge on any atom is -0.481 e. The zero-order valence-corrected chi connectivity index (χ0v) is 13.2. The van der Waals surface area contributed by atoms with Crippen LogP contribution in [0.1, 0.15) is 77.6 Å². The van der Waals surface area contributed by atoms with Crippen LogP contribution in [0.25, 0.3) is 0 Å². The molecule has 4 nitrogen and oxygen atoms in total. The predicted octanol–water partition coefficient (Wildman–Crippen LogP) is 4.64. The van der Waals surface area contributed by atoms with Gasteiger partial charge < -0.3 is 10.2 Å². The summed E-state index contributed by atoms with van der Waals surface area (Å²) in [7, 11) is 0. The van der Waals surface area contributed by atoms with Gasteiger partial charge in [-0.15, -0.1) is 0 Å². The van der Waals surface area contributed by atoms with Crippen LogP contribution in [-0.4, -0.2) is 22.2 Å². The Morgan fingerprint density at radius 2 is 1.48 bits per heavy atom. The SMILES string of the molecule is CCCCCCCCC/C=C/CCC(CC(=O)O)C(=O)O. The molecule has 0 aliphatic heterocycles. The van der Waals surface area contributed by atoms with Crippen LogP contribution < -0.4 is 0 Å². The highest BCUT2D eigenvalue weighted by atomic mass is 16.4. The highest BCUT2D eigenvalue weighted by molar-refractivity contribution is 5.77. The maximum Gasteiger partial charge on any atom is 0.307 e. The molecular formula is C17H30O4. The summed E-state index contributed by atoms with van der Waals surface area (Å²) in [5.41, 5.74) is 0. The van der Waals surface area contributed by atoms with Gasteiger partial charge in [-0.25, -0.2) is 0 Å². The van der Waals surface area contributed by atoms with E-state index in [0.717, 1.165) is 6.42 Å². The smallest absolute Gasteiger partial charge is 0.307 e. The molecule has 2 N–H and O–H groups in total. The van der Waals surface area contributed by atoms with Gasteiger partial charge >= 0.3 is 11.9 Å². The Hall–Kier alpha value is -1.32. The van der Waals surface area contributed by atoms with Crippen LogP contribution in [0.3, 0.4) is 0 Å². The van der Waals surface area contributed by atoms with Crippen molar-refractivity contribution in [2.24, 2.45) is 5.92 Å². The molecule has 0 spiro atoms. The second kappa shape index (κ2) is 13.7. The van der Waals surface area contributed by atoms with E-state index >= 15 is 0 Å². The third kappa shape index (κ3) is 13.4. The van der Waals surface area contributed by atoms with Crippen LogP contribution in [0.2, 0.25) is 0 Å². The first-order chi connectivity index (χ1) is 10.1. The van der Waals surface area contributed by atoms with E-state index in [1.54, 1.807) is 0 Å². The molecule has 0 rings (SSSR count). The van der Waals surface area contributed by atoms with E-state index in [1.165, 1.54) is 44.9 Å². The molecule has 1 unspecified atom stereocenters. The Morgan fingerprint density at radius 3 is 2.05 bits per heavy atom. The molecule has 0 saturated heterocycles. The van der Waals surface area contributed by atoms with Gasteiger partial charge in [0.15, 0.2) is 0 Å². The third-order valence-electron chi connectivity index (χ3n) is 3.59. The van der Waals surface area contributed by atoms with Crippen molar-refractivity contribution in [3.05, 3.63) is 12.2 Å². The maximum absolute atomic E-state index is 10.9.